The van der Waals surface area contributed by atoms with Gasteiger partial charge in [-0.25, -0.2) is 0 Å². The summed E-state index contributed by atoms with van der Waals surface area (Å²) in [6, 6.07) is 8.02. The summed E-state index contributed by atoms with van der Waals surface area (Å²) in [6.07, 6.45) is -0.295. The van der Waals surface area contributed by atoms with Crippen molar-refractivity contribution < 1.29 is 14.7 Å². The predicted octanol–water partition coefficient (Wildman–Crippen LogP) is 1.55. The van der Waals surface area contributed by atoms with Crippen molar-refractivity contribution in [3.63, 3.8) is 0 Å². The summed E-state index contributed by atoms with van der Waals surface area (Å²) in [5.41, 5.74) is 1.73. The van der Waals surface area contributed by atoms with Gasteiger partial charge in [0.1, 0.15) is 11.9 Å². The molecule has 2 rings (SSSR count). The van der Waals surface area contributed by atoms with Gasteiger partial charge in [-0.15, -0.1) is 0 Å². The van der Waals surface area contributed by atoms with Crippen LogP contribution < -0.4 is 10.1 Å². The first-order chi connectivity index (χ1) is 9.61. The number of nitrogens with zero attached hydrogens (tertiary/aromatic N) is 1. The van der Waals surface area contributed by atoms with Crippen LogP contribution >= 0.6 is 0 Å². The fourth-order valence-corrected chi connectivity index (χ4v) is 2.13. The molecule has 0 aromatic heterocycles. The van der Waals surface area contributed by atoms with Gasteiger partial charge in [-0.05, 0) is 12.1 Å². The van der Waals surface area contributed by atoms with Gasteiger partial charge in [-0.2, -0.15) is 0 Å². The molecular weight excluding hydrogens is 256 g/mol. The molecule has 2 N–H and O–H groups in total. The average molecular weight is 278 g/mol. The Balaban J connectivity index is 1.97. The van der Waals surface area contributed by atoms with Gasteiger partial charge in [0.2, 0.25) is 0 Å². The lowest BCUT2D eigenvalue weighted by Crippen LogP contribution is -2.39. The molecule has 0 saturated heterocycles. The van der Waals surface area contributed by atoms with Gasteiger partial charge in [0, 0.05) is 24.6 Å². The monoisotopic (exact) mass is 278 g/mol. The Morgan fingerprint density at radius 1 is 1.45 bits per heavy atom. The lowest BCUT2D eigenvalue weighted by molar-refractivity contribution is -0.0166. The highest BCUT2D eigenvalue weighted by Gasteiger charge is 2.29. The molecule has 0 saturated carbocycles. The van der Waals surface area contributed by atoms with Gasteiger partial charge in [-0.1, -0.05) is 31.1 Å². The molecule has 1 aromatic carbocycles. The molecule has 1 heterocycles. The maximum Gasteiger partial charge on any atom is 0.160 e. The first kappa shape index (κ1) is 14.8. The van der Waals surface area contributed by atoms with Crippen molar-refractivity contribution in [2.24, 2.45) is 5.16 Å². The number of hydrogen-bond donors (Lipinski definition) is 2. The zero-order valence-electron chi connectivity index (χ0n) is 12.2. The number of aliphatic hydroxyl groups is 1. The number of oxime groups is 1. The van der Waals surface area contributed by atoms with Crippen LogP contribution in [0, 0.1) is 0 Å². The molecule has 0 aliphatic carbocycles. The highest BCUT2D eigenvalue weighted by atomic mass is 16.7. The van der Waals surface area contributed by atoms with Gasteiger partial charge in [0.25, 0.3) is 0 Å². The number of methoxy groups -OCH3 is 1. The third kappa shape index (κ3) is 3.49. The normalized spacial score (nSPS) is 19.6. The molecule has 20 heavy (non-hydrogen) atoms. The Morgan fingerprint density at radius 3 is 2.90 bits per heavy atom. The molecule has 1 aromatic rings. The lowest BCUT2D eigenvalue weighted by Gasteiger charge is -2.18. The van der Waals surface area contributed by atoms with Crippen molar-refractivity contribution in [1.29, 1.82) is 0 Å². The largest absolute Gasteiger partial charge is 0.496 e. The lowest BCUT2D eigenvalue weighted by atomic mass is 10.0. The number of rotatable bonds is 6. The van der Waals surface area contributed by atoms with Crippen molar-refractivity contribution in [1.82, 2.24) is 5.32 Å². The van der Waals surface area contributed by atoms with E-state index >= 15 is 0 Å². The second-order valence-electron chi connectivity index (χ2n) is 5.22. The average Bonchev–Trinajstić information content (AvgIpc) is 2.94. The van der Waals surface area contributed by atoms with E-state index in [1.807, 2.05) is 38.1 Å². The molecule has 5 heteroatoms. The van der Waals surface area contributed by atoms with E-state index in [2.05, 4.69) is 10.5 Å². The van der Waals surface area contributed by atoms with E-state index in [4.69, 9.17) is 9.57 Å². The van der Waals surface area contributed by atoms with E-state index in [9.17, 15) is 5.11 Å². The molecule has 0 bridgehead atoms. The van der Waals surface area contributed by atoms with Crippen LogP contribution in [-0.4, -0.2) is 42.7 Å². The fourth-order valence-electron chi connectivity index (χ4n) is 2.13. The summed E-state index contributed by atoms with van der Waals surface area (Å²) in [4.78, 5) is 5.36. The standard InChI is InChI=1S/C15H22N2O3/c1-10(2)16-9-13(18)15-8-12(17-20-15)11-6-4-5-7-14(11)19-3/h4-7,10,13,15-16,18H,8-9H2,1-3H3. The fraction of sp³-hybridized carbons (Fsp3) is 0.533. The molecular formula is C15H22N2O3. The van der Waals surface area contributed by atoms with Crippen LogP contribution in [0.3, 0.4) is 0 Å². The molecule has 2 unspecified atom stereocenters. The number of hydrogen-bond acceptors (Lipinski definition) is 5. The van der Waals surface area contributed by atoms with E-state index in [-0.39, 0.29) is 6.10 Å². The summed E-state index contributed by atoms with van der Waals surface area (Å²) in [5.74, 6) is 0.769. The maximum absolute atomic E-state index is 10.1. The van der Waals surface area contributed by atoms with E-state index in [0.29, 0.717) is 19.0 Å². The topological polar surface area (TPSA) is 63.1 Å². The molecule has 1 aliphatic rings. The first-order valence-electron chi connectivity index (χ1n) is 6.89. The van der Waals surface area contributed by atoms with Crippen LogP contribution in [0.2, 0.25) is 0 Å². The van der Waals surface area contributed by atoms with Crippen molar-refractivity contribution in [3.05, 3.63) is 29.8 Å². The molecule has 2 atom stereocenters. The molecule has 0 radical (unpaired) electrons. The van der Waals surface area contributed by atoms with Gasteiger partial charge in [0.05, 0.1) is 12.8 Å². The first-order valence-corrected chi connectivity index (χ1v) is 6.89. The summed E-state index contributed by atoms with van der Waals surface area (Å²) in [7, 11) is 1.63. The SMILES string of the molecule is COc1ccccc1C1=NOC(C(O)CNC(C)C)C1. The highest BCUT2D eigenvalue weighted by molar-refractivity contribution is 6.03. The van der Waals surface area contributed by atoms with Crippen molar-refractivity contribution in [3.8, 4) is 5.75 Å². The van der Waals surface area contributed by atoms with Crippen LogP contribution in [0.5, 0.6) is 5.75 Å². The van der Waals surface area contributed by atoms with Crippen molar-refractivity contribution in [2.75, 3.05) is 13.7 Å². The highest BCUT2D eigenvalue weighted by Crippen LogP contribution is 2.25. The zero-order chi connectivity index (χ0) is 14.5. The minimum atomic E-state index is -0.576. The molecule has 0 amide bonds. The number of ether oxygens (including phenoxy) is 1. The smallest absolute Gasteiger partial charge is 0.160 e. The van der Waals surface area contributed by atoms with E-state index in [0.717, 1.165) is 17.0 Å². The van der Waals surface area contributed by atoms with Crippen molar-refractivity contribution >= 4 is 5.71 Å². The van der Waals surface area contributed by atoms with Gasteiger partial charge < -0.3 is 20.0 Å². The number of nitrogens with one attached hydrogen (secondary N) is 1. The Labute approximate surface area is 119 Å². The van der Waals surface area contributed by atoms with E-state index in [1.165, 1.54) is 0 Å². The second-order valence-corrected chi connectivity index (χ2v) is 5.22. The number of benzene rings is 1. The second kappa shape index (κ2) is 6.72. The molecule has 1 aliphatic heterocycles. The minimum absolute atomic E-state index is 0.304. The summed E-state index contributed by atoms with van der Waals surface area (Å²) in [5, 5.41) is 17.4. The Kier molecular flexibility index (Phi) is 4.98. The van der Waals surface area contributed by atoms with Crippen LogP contribution in [0.15, 0.2) is 29.4 Å². The van der Waals surface area contributed by atoms with E-state index < -0.39 is 6.10 Å². The minimum Gasteiger partial charge on any atom is -0.496 e. The van der Waals surface area contributed by atoms with Gasteiger partial charge in [0.15, 0.2) is 6.10 Å². The molecule has 0 fully saturated rings. The Hall–Kier alpha value is -1.59. The Morgan fingerprint density at radius 2 is 2.20 bits per heavy atom. The molecule has 0 spiro atoms. The quantitative estimate of drug-likeness (QED) is 0.828. The molecule has 5 nitrogen and oxygen atoms in total. The Bertz CT molecular complexity index is 474. The van der Waals surface area contributed by atoms with Crippen LogP contribution in [0.25, 0.3) is 0 Å². The number of para-hydroxylation sites is 1. The summed E-state index contributed by atoms with van der Waals surface area (Å²) >= 11 is 0. The van der Waals surface area contributed by atoms with Crippen LogP contribution in [0.1, 0.15) is 25.8 Å². The predicted molar refractivity (Wildman–Crippen MR) is 78.2 cm³/mol. The van der Waals surface area contributed by atoms with Crippen LogP contribution in [0.4, 0.5) is 0 Å². The zero-order valence-corrected chi connectivity index (χ0v) is 12.2. The third-order valence-corrected chi connectivity index (χ3v) is 3.28. The van der Waals surface area contributed by atoms with Gasteiger partial charge >= 0.3 is 0 Å². The maximum atomic E-state index is 10.1. The summed E-state index contributed by atoms with van der Waals surface area (Å²) in [6.45, 7) is 4.58. The number of aliphatic hydroxyl groups excluding tert-OH is 1. The van der Waals surface area contributed by atoms with Gasteiger partial charge in [-0.3, -0.25) is 0 Å². The summed E-state index contributed by atoms with van der Waals surface area (Å²) < 4.78 is 5.32. The third-order valence-electron chi connectivity index (χ3n) is 3.28. The van der Waals surface area contributed by atoms with Crippen LogP contribution in [-0.2, 0) is 4.84 Å². The van der Waals surface area contributed by atoms with Crippen molar-refractivity contribution in [2.45, 2.75) is 38.5 Å². The molecule has 110 valence electrons. The van der Waals surface area contributed by atoms with E-state index in [1.54, 1.807) is 7.11 Å².